The summed E-state index contributed by atoms with van der Waals surface area (Å²) in [5.74, 6) is -0.0153. The molecule has 1 N–H and O–H groups in total. The molecule has 8 heteroatoms. The predicted molar refractivity (Wildman–Crippen MR) is 74.2 cm³/mol. The van der Waals surface area contributed by atoms with E-state index in [4.69, 9.17) is 11.6 Å². The van der Waals surface area contributed by atoms with Gasteiger partial charge in [0.1, 0.15) is 5.82 Å². The van der Waals surface area contributed by atoms with Crippen LogP contribution in [0.4, 0.5) is 24.7 Å². The molecule has 0 amide bonds. The van der Waals surface area contributed by atoms with Gasteiger partial charge in [-0.2, -0.15) is 13.2 Å². The van der Waals surface area contributed by atoms with Crippen molar-refractivity contribution in [2.45, 2.75) is 13.1 Å². The monoisotopic (exact) mass is 365 g/mol. The van der Waals surface area contributed by atoms with Crippen molar-refractivity contribution in [3.63, 3.8) is 0 Å². The van der Waals surface area contributed by atoms with E-state index < -0.39 is 17.2 Å². The highest BCUT2D eigenvalue weighted by molar-refractivity contribution is 9.10. The third-order valence-corrected chi connectivity index (χ3v) is 3.11. The second-order valence-corrected chi connectivity index (χ2v) is 5.24. The molecule has 0 saturated carbocycles. The highest BCUT2D eigenvalue weighted by Gasteiger charge is 2.33. The van der Waals surface area contributed by atoms with Crippen LogP contribution in [-0.4, -0.2) is 9.97 Å². The third kappa shape index (κ3) is 3.61. The summed E-state index contributed by atoms with van der Waals surface area (Å²) in [6.07, 6.45) is -4.57. The fourth-order valence-electron chi connectivity index (χ4n) is 1.49. The van der Waals surface area contributed by atoms with Gasteiger partial charge in [-0.25, -0.2) is 9.97 Å². The molecule has 1 aromatic heterocycles. The van der Waals surface area contributed by atoms with Gasteiger partial charge in [-0.15, -0.1) is 0 Å². The molecular weight excluding hydrogens is 359 g/mol. The lowest BCUT2D eigenvalue weighted by atomic mass is 10.2. The van der Waals surface area contributed by atoms with Crippen LogP contribution in [0.2, 0.25) is 5.28 Å². The minimum absolute atomic E-state index is 0.0153. The first-order chi connectivity index (χ1) is 9.25. The highest BCUT2D eigenvalue weighted by Crippen LogP contribution is 2.31. The Morgan fingerprint density at radius 1 is 1.20 bits per heavy atom. The van der Waals surface area contributed by atoms with E-state index in [1.165, 1.54) is 0 Å². The van der Waals surface area contributed by atoms with Crippen LogP contribution in [-0.2, 0) is 6.18 Å². The maximum absolute atomic E-state index is 12.6. The maximum atomic E-state index is 12.6. The average molecular weight is 367 g/mol. The van der Waals surface area contributed by atoms with Crippen LogP contribution < -0.4 is 5.32 Å². The fourth-order valence-corrected chi connectivity index (χ4v) is 2.04. The Morgan fingerprint density at radius 3 is 2.55 bits per heavy atom. The number of nitrogens with zero attached hydrogens (tertiary/aromatic N) is 2. The molecule has 2 aromatic rings. The largest absolute Gasteiger partial charge is 0.433 e. The molecule has 0 radical (unpaired) electrons. The number of nitrogens with one attached hydrogen (secondary N) is 1. The van der Waals surface area contributed by atoms with Gasteiger partial charge in [0.25, 0.3) is 0 Å². The molecule has 0 bridgehead atoms. The van der Waals surface area contributed by atoms with Gasteiger partial charge >= 0.3 is 6.18 Å². The van der Waals surface area contributed by atoms with Crippen molar-refractivity contribution in [3.05, 3.63) is 45.3 Å². The van der Waals surface area contributed by atoms with Gasteiger partial charge in [0, 0.05) is 16.2 Å². The van der Waals surface area contributed by atoms with E-state index >= 15 is 0 Å². The molecule has 0 saturated heterocycles. The van der Waals surface area contributed by atoms with E-state index in [1.54, 1.807) is 6.07 Å². The second-order valence-electron chi connectivity index (χ2n) is 3.99. The zero-order valence-electron chi connectivity index (χ0n) is 10.1. The lowest BCUT2D eigenvalue weighted by molar-refractivity contribution is -0.141. The summed E-state index contributed by atoms with van der Waals surface area (Å²) in [6, 6.07) is 6.19. The average Bonchev–Trinajstić information content (AvgIpc) is 2.32. The third-order valence-electron chi connectivity index (χ3n) is 2.45. The number of benzene rings is 1. The van der Waals surface area contributed by atoms with E-state index in [0.29, 0.717) is 5.69 Å². The molecular formula is C12H8BrClF3N3. The molecule has 1 aromatic carbocycles. The van der Waals surface area contributed by atoms with E-state index in [1.807, 2.05) is 19.1 Å². The SMILES string of the molecule is Cc1ccc(Br)cc1Nc1cc(C(F)(F)F)nc(Cl)n1. The lowest BCUT2D eigenvalue weighted by Gasteiger charge is -2.12. The number of aromatic nitrogens is 2. The summed E-state index contributed by atoms with van der Waals surface area (Å²) >= 11 is 8.81. The Labute approximate surface area is 126 Å². The van der Waals surface area contributed by atoms with Crippen LogP contribution in [0, 0.1) is 6.92 Å². The van der Waals surface area contributed by atoms with Crippen LogP contribution >= 0.6 is 27.5 Å². The van der Waals surface area contributed by atoms with Crippen LogP contribution in [0.25, 0.3) is 0 Å². The van der Waals surface area contributed by atoms with Crippen molar-refractivity contribution in [1.29, 1.82) is 0 Å². The number of aryl methyl sites for hydroxylation is 1. The summed E-state index contributed by atoms with van der Waals surface area (Å²) in [6.45, 7) is 1.82. The number of anilines is 2. The molecule has 20 heavy (non-hydrogen) atoms. The standard InChI is InChI=1S/C12H8BrClF3N3/c1-6-2-3-7(13)4-8(6)18-10-5-9(12(15,16)17)19-11(14)20-10/h2-5H,1H3,(H,18,19,20). The number of hydrogen-bond acceptors (Lipinski definition) is 3. The molecule has 0 atom stereocenters. The number of alkyl halides is 3. The van der Waals surface area contributed by atoms with E-state index in [0.717, 1.165) is 16.1 Å². The Kier molecular flexibility index (Phi) is 4.19. The van der Waals surface area contributed by atoms with Gasteiger partial charge in [-0.3, -0.25) is 0 Å². The van der Waals surface area contributed by atoms with Crippen molar-refractivity contribution in [2.24, 2.45) is 0 Å². The summed E-state index contributed by atoms with van der Waals surface area (Å²) in [5, 5.41) is 2.34. The van der Waals surface area contributed by atoms with Gasteiger partial charge in [-0.1, -0.05) is 22.0 Å². The summed E-state index contributed by atoms with van der Waals surface area (Å²) in [7, 11) is 0. The number of hydrogen-bond donors (Lipinski definition) is 1. The Balaban J connectivity index is 2.39. The van der Waals surface area contributed by atoms with Crippen molar-refractivity contribution >= 4 is 39.0 Å². The lowest BCUT2D eigenvalue weighted by Crippen LogP contribution is -2.10. The van der Waals surface area contributed by atoms with Crippen LogP contribution in [0.15, 0.2) is 28.7 Å². The van der Waals surface area contributed by atoms with Crippen LogP contribution in [0.5, 0.6) is 0 Å². The molecule has 1 heterocycles. The summed E-state index contributed by atoms with van der Waals surface area (Å²) in [5.41, 5.74) is 0.395. The normalized spacial score (nSPS) is 11.5. The van der Waals surface area contributed by atoms with Gasteiger partial charge in [0.2, 0.25) is 5.28 Å². The minimum atomic E-state index is -4.57. The highest BCUT2D eigenvalue weighted by atomic mass is 79.9. The summed E-state index contributed by atoms with van der Waals surface area (Å²) < 4.78 is 38.7. The molecule has 0 aliphatic heterocycles. The second kappa shape index (κ2) is 5.57. The first-order valence-electron chi connectivity index (χ1n) is 5.40. The van der Waals surface area contributed by atoms with E-state index in [2.05, 4.69) is 31.2 Å². The smallest absolute Gasteiger partial charge is 0.340 e. The van der Waals surface area contributed by atoms with Gasteiger partial charge in [0.15, 0.2) is 5.69 Å². The first kappa shape index (κ1) is 15.1. The van der Waals surface area contributed by atoms with Crippen molar-refractivity contribution in [3.8, 4) is 0 Å². The molecule has 3 nitrogen and oxygen atoms in total. The molecule has 0 aliphatic rings. The molecule has 0 fully saturated rings. The molecule has 2 rings (SSSR count). The molecule has 0 spiro atoms. The van der Waals surface area contributed by atoms with Gasteiger partial charge < -0.3 is 5.32 Å². The quantitative estimate of drug-likeness (QED) is 0.763. The maximum Gasteiger partial charge on any atom is 0.433 e. The van der Waals surface area contributed by atoms with Crippen LogP contribution in [0.3, 0.4) is 0 Å². The molecule has 0 aliphatic carbocycles. The van der Waals surface area contributed by atoms with Crippen molar-refractivity contribution in [1.82, 2.24) is 9.97 Å². The van der Waals surface area contributed by atoms with Gasteiger partial charge in [0.05, 0.1) is 0 Å². The van der Waals surface area contributed by atoms with Gasteiger partial charge in [-0.05, 0) is 36.2 Å². The first-order valence-corrected chi connectivity index (χ1v) is 6.58. The van der Waals surface area contributed by atoms with Crippen molar-refractivity contribution < 1.29 is 13.2 Å². The van der Waals surface area contributed by atoms with E-state index in [9.17, 15) is 13.2 Å². The molecule has 106 valence electrons. The Hall–Kier alpha value is -1.34. The Morgan fingerprint density at radius 2 is 1.90 bits per heavy atom. The predicted octanol–water partition coefficient (Wildman–Crippen LogP) is 4.96. The minimum Gasteiger partial charge on any atom is -0.340 e. The zero-order chi connectivity index (χ0) is 14.9. The fraction of sp³-hybridized carbons (Fsp3) is 0.167. The number of rotatable bonds is 2. The Bertz CT molecular complexity index is 646. The van der Waals surface area contributed by atoms with Crippen LogP contribution in [0.1, 0.15) is 11.3 Å². The molecule has 0 unspecified atom stereocenters. The zero-order valence-corrected chi connectivity index (χ0v) is 12.4. The topological polar surface area (TPSA) is 37.8 Å². The van der Waals surface area contributed by atoms with Crippen molar-refractivity contribution in [2.75, 3.05) is 5.32 Å². The number of halogens is 5. The van der Waals surface area contributed by atoms with E-state index in [-0.39, 0.29) is 5.82 Å². The summed E-state index contributed by atoms with van der Waals surface area (Å²) in [4.78, 5) is 6.91.